The fourth-order valence-electron chi connectivity index (χ4n) is 3.80. The molecule has 128 valence electrons. The number of carbonyl (C=O) groups is 1. The van der Waals surface area contributed by atoms with Crippen LogP contribution in [0, 0.1) is 23.2 Å². The van der Waals surface area contributed by atoms with Crippen LogP contribution in [0.5, 0.6) is 0 Å². The molecule has 0 saturated heterocycles. The lowest BCUT2D eigenvalue weighted by molar-refractivity contribution is -0.104. The molecule has 1 aliphatic rings. The molecule has 1 fully saturated rings. The zero-order valence-electron chi connectivity index (χ0n) is 14.6. The lowest BCUT2D eigenvalue weighted by Crippen LogP contribution is -2.14. The molecule has 0 spiro atoms. The van der Waals surface area contributed by atoms with Crippen molar-refractivity contribution in [3.63, 3.8) is 0 Å². The molecular formula is C22H29NO. The number of hydrogen-bond acceptors (Lipinski definition) is 2. The van der Waals surface area contributed by atoms with Gasteiger partial charge in [0.1, 0.15) is 6.29 Å². The van der Waals surface area contributed by atoms with Gasteiger partial charge >= 0.3 is 0 Å². The van der Waals surface area contributed by atoms with E-state index in [0.717, 1.165) is 36.5 Å². The second kappa shape index (κ2) is 10.8. The number of rotatable bonds is 9. The Morgan fingerprint density at radius 3 is 2.29 bits per heavy atom. The average Bonchev–Trinajstić information content (AvgIpc) is 2.64. The molecule has 1 saturated carbocycles. The number of nitriles is 1. The molecule has 0 heterocycles. The van der Waals surface area contributed by atoms with Crippen molar-refractivity contribution in [2.45, 2.75) is 64.2 Å². The van der Waals surface area contributed by atoms with Gasteiger partial charge in [0.2, 0.25) is 0 Å². The third-order valence-corrected chi connectivity index (χ3v) is 5.33. The average molecular weight is 323 g/mol. The van der Waals surface area contributed by atoms with Crippen LogP contribution in [0.25, 0.3) is 0 Å². The number of benzene rings is 1. The normalized spacial score (nSPS) is 20.8. The van der Waals surface area contributed by atoms with Crippen LogP contribution < -0.4 is 0 Å². The van der Waals surface area contributed by atoms with E-state index in [1.165, 1.54) is 56.9 Å². The van der Waals surface area contributed by atoms with E-state index in [-0.39, 0.29) is 0 Å². The number of hydrogen-bond donors (Lipinski definition) is 0. The fraction of sp³-hybridized carbons (Fsp3) is 0.545. The third-order valence-electron chi connectivity index (χ3n) is 5.33. The lowest BCUT2D eigenvalue weighted by atomic mass is 9.78. The summed E-state index contributed by atoms with van der Waals surface area (Å²) in [5.74, 6) is 1.80. The van der Waals surface area contributed by atoms with Crippen LogP contribution in [-0.2, 0) is 11.2 Å². The van der Waals surface area contributed by atoms with Gasteiger partial charge in [-0.2, -0.15) is 5.26 Å². The van der Waals surface area contributed by atoms with Gasteiger partial charge < -0.3 is 0 Å². The first-order chi connectivity index (χ1) is 11.8. The highest BCUT2D eigenvalue weighted by Gasteiger charge is 2.20. The first-order valence-corrected chi connectivity index (χ1v) is 9.41. The van der Waals surface area contributed by atoms with Crippen LogP contribution in [-0.4, -0.2) is 6.29 Å². The Bertz CT molecular complexity index is 544. The molecule has 1 aliphatic carbocycles. The maximum atomic E-state index is 10.2. The Morgan fingerprint density at radius 2 is 1.67 bits per heavy atom. The number of nitrogens with zero attached hydrogens (tertiary/aromatic N) is 1. The Labute approximate surface area is 146 Å². The lowest BCUT2D eigenvalue weighted by Gasteiger charge is -2.28. The topological polar surface area (TPSA) is 40.9 Å². The molecular weight excluding hydrogens is 294 g/mol. The second-order valence-corrected chi connectivity index (χ2v) is 7.08. The summed E-state index contributed by atoms with van der Waals surface area (Å²) in [6, 6.07) is 10.2. The van der Waals surface area contributed by atoms with Gasteiger partial charge in [-0.3, -0.25) is 4.79 Å². The maximum Gasteiger partial charge on any atom is 0.142 e. The maximum absolute atomic E-state index is 10.2. The Kier molecular flexibility index (Phi) is 8.32. The predicted octanol–water partition coefficient (Wildman–Crippen LogP) is 5.61. The number of allylic oxidation sites excluding steroid dienone is 2. The summed E-state index contributed by atoms with van der Waals surface area (Å²) in [4.78, 5) is 10.2. The van der Waals surface area contributed by atoms with Gasteiger partial charge in [0, 0.05) is 0 Å². The molecule has 1 aromatic rings. The summed E-state index contributed by atoms with van der Waals surface area (Å²) in [7, 11) is 0. The molecule has 0 aliphatic heterocycles. The largest absolute Gasteiger partial charge is 0.299 e. The predicted molar refractivity (Wildman–Crippen MR) is 98.6 cm³/mol. The molecule has 0 bridgehead atoms. The molecule has 1 aromatic carbocycles. The molecule has 2 rings (SSSR count). The van der Waals surface area contributed by atoms with E-state index in [2.05, 4.69) is 18.2 Å². The van der Waals surface area contributed by atoms with Crippen molar-refractivity contribution < 1.29 is 4.79 Å². The molecule has 2 heteroatoms. The van der Waals surface area contributed by atoms with Crippen molar-refractivity contribution in [1.29, 1.82) is 5.26 Å². The Hall–Kier alpha value is -1.88. The van der Waals surface area contributed by atoms with Crippen LogP contribution in [0.2, 0.25) is 0 Å². The quantitative estimate of drug-likeness (QED) is 0.336. The van der Waals surface area contributed by atoms with Gasteiger partial charge in [-0.25, -0.2) is 0 Å². The molecule has 24 heavy (non-hydrogen) atoms. The summed E-state index contributed by atoms with van der Waals surface area (Å²) in [5, 5.41) is 8.81. The molecule has 0 N–H and O–H groups in total. The van der Waals surface area contributed by atoms with Gasteiger partial charge in [0.25, 0.3) is 0 Å². The standard InChI is InChI=1S/C22H29NO/c23-18-22-15-13-21(14-16-22)8-4-3-7-20-11-9-19(10-12-20)6-2-1-5-17-24/h1,5,13-17,19-20H,2-4,6-12H2/b5-1+/t19-,20-. The summed E-state index contributed by atoms with van der Waals surface area (Å²) in [6.45, 7) is 0. The second-order valence-electron chi connectivity index (χ2n) is 7.08. The fourth-order valence-corrected chi connectivity index (χ4v) is 3.80. The minimum Gasteiger partial charge on any atom is -0.299 e. The van der Waals surface area contributed by atoms with Crippen molar-refractivity contribution in [3.05, 3.63) is 47.5 Å². The zero-order chi connectivity index (χ0) is 17.0. The van der Waals surface area contributed by atoms with E-state index in [4.69, 9.17) is 5.26 Å². The molecule has 2 nitrogen and oxygen atoms in total. The first kappa shape index (κ1) is 18.5. The molecule has 0 atom stereocenters. The van der Waals surface area contributed by atoms with Crippen molar-refractivity contribution in [2.75, 3.05) is 0 Å². The highest BCUT2D eigenvalue weighted by atomic mass is 16.1. The SMILES string of the molecule is N#Cc1ccc(CCCC[C@H]2CC[C@H](CC/C=C/C=O)CC2)cc1. The molecule has 0 radical (unpaired) electrons. The summed E-state index contributed by atoms with van der Waals surface area (Å²) in [6.07, 6.45) is 17.4. The highest BCUT2D eigenvalue weighted by molar-refractivity contribution is 5.64. The van der Waals surface area contributed by atoms with Gasteiger partial charge in [-0.15, -0.1) is 0 Å². The Balaban J connectivity index is 1.55. The van der Waals surface area contributed by atoms with E-state index < -0.39 is 0 Å². The molecule has 0 aromatic heterocycles. The van der Waals surface area contributed by atoms with E-state index in [0.29, 0.717) is 0 Å². The van der Waals surface area contributed by atoms with Crippen molar-refractivity contribution in [2.24, 2.45) is 11.8 Å². The smallest absolute Gasteiger partial charge is 0.142 e. The van der Waals surface area contributed by atoms with Crippen LogP contribution in [0.4, 0.5) is 0 Å². The van der Waals surface area contributed by atoms with E-state index >= 15 is 0 Å². The molecule has 0 amide bonds. The third kappa shape index (κ3) is 6.71. The van der Waals surface area contributed by atoms with Crippen LogP contribution >= 0.6 is 0 Å². The van der Waals surface area contributed by atoms with Gasteiger partial charge in [-0.1, -0.05) is 56.7 Å². The van der Waals surface area contributed by atoms with Crippen LogP contribution in [0.1, 0.15) is 68.9 Å². The summed E-state index contributed by atoms with van der Waals surface area (Å²) in [5.41, 5.74) is 2.10. The van der Waals surface area contributed by atoms with Crippen LogP contribution in [0.15, 0.2) is 36.4 Å². The number of carbonyl (C=O) groups excluding carboxylic acids is 1. The van der Waals surface area contributed by atoms with Gasteiger partial charge in [0.15, 0.2) is 0 Å². The van der Waals surface area contributed by atoms with Gasteiger partial charge in [0.05, 0.1) is 11.6 Å². The minimum absolute atomic E-state index is 0.747. The van der Waals surface area contributed by atoms with Crippen molar-refractivity contribution in [3.8, 4) is 6.07 Å². The number of unbranched alkanes of at least 4 members (excludes halogenated alkanes) is 1. The minimum atomic E-state index is 0.747. The zero-order valence-corrected chi connectivity index (χ0v) is 14.6. The van der Waals surface area contributed by atoms with Crippen LogP contribution in [0.3, 0.4) is 0 Å². The first-order valence-electron chi connectivity index (χ1n) is 9.41. The van der Waals surface area contributed by atoms with Gasteiger partial charge in [-0.05, 0) is 61.3 Å². The Morgan fingerprint density at radius 1 is 1.00 bits per heavy atom. The highest BCUT2D eigenvalue weighted by Crippen LogP contribution is 2.34. The summed E-state index contributed by atoms with van der Waals surface area (Å²) >= 11 is 0. The van der Waals surface area contributed by atoms with E-state index in [9.17, 15) is 4.79 Å². The van der Waals surface area contributed by atoms with E-state index in [1.54, 1.807) is 6.08 Å². The summed E-state index contributed by atoms with van der Waals surface area (Å²) < 4.78 is 0. The monoisotopic (exact) mass is 323 g/mol. The van der Waals surface area contributed by atoms with Crippen molar-refractivity contribution >= 4 is 6.29 Å². The number of aryl methyl sites for hydroxylation is 1. The molecule has 0 unspecified atom stereocenters. The number of aldehydes is 1. The van der Waals surface area contributed by atoms with Crippen molar-refractivity contribution in [1.82, 2.24) is 0 Å². The van der Waals surface area contributed by atoms with E-state index in [1.807, 2.05) is 18.2 Å².